The van der Waals surface area contributed by atoms with E-state index >= 15 is 0 Å². The topological polar surface area (TPSA) is 73.1 Å². The van der Waals surface area contributed by atoms with Crippen LogP contribution >= 0.6 is 0 Å². The third-order valence-corrected chi connectivity index (χ3v) is 3.29. The summed E-state index contributed by atoms with van der Waals surface area (Å²) in [4.78, 5) is 8.72. The standard InChI is InChI=1S/C16H22N4O/c1-3-8-21-14-9-13(10-18-11-14)16(20-17)15-12(4-2)6-5-7-19-15/h5-7,9-11,16,20H,3-4,8,17H2,1-2H3. The fraction of sp³-hybridized carbons (Fsp3) is 0.375. The van der Waals surface area contributed by atoms with Gasteiger partial charge in [-0.2, -0.15) is 0 Å². The first-order valence-electron chi connectivity index (χ1n) is 7.27. The first-order valence-corrected chi connectivity index (χ1v) is 7.27. The maximum Gasteiger partial charge on any atom is 0.137 e. The lowest BCUT2D eigenvalue weighted by atomic mass is 10.00. The fourth-order valence-corrected chi connectivity index (χ4v) is 2.24. The van der Waals surface area contributed by atoms with E-state index in [1.807, 2.05) is 12.1 Å². The van der Waals surface area contributed by atoms with Gasteiger partial charge in [-0.1, -0.05) is 19.9 Å². The Kier molecular flexibility index (Phi) is 5.66. The summed E-state index contributed by atoms with van der Waals surface area (Å²) in [7, 11) is 0. The third kappa shape index (κ3) is 3.77. The van der Waals surface area contributed by atoms with Crippen molar-refractivity contribution in [3.63, 3.8) is 0 Å². The van der Waals surface area contributed by atoms with E-state index in [0.717, 1.165) is 29.8 Å². The number of hydrogen-bond acceptors (Lipinski definition) is 5. The number of nitrogens with one attached hydrogen (secondary N) is 1. The summed E-state index contributed by atoms with van der Waals surface area (Å²) >= 11 is 0. The van der Waals surface area contributed by atoms with Gasteiger partial charge in [-0.05, 0) is 36.1 Å². The van der Waals surface area contributed by atoms with Crippen LogP contribution in [-0.4, -0.2) is 16.6 Å². The molecule has 1 unspecified atom stereocenters. The van der Waals surface area contributed by atoms with Crippen molar-refractivity contribution in [2.45, 2.75) is 32.7 Å². The predicted octanol–water partition coefficient (Wildman–Crippen LogP) is 2.38. The van der Waals surface area contributed by atoms with Crippen molar-refractivity contribution in [2.75, 3.05) is 6.61 Å². The molecule has 0 aliphatic rings. The summed E-state index contributed by atoms with van der Waals surface area (Å²) in [5.74, 6) is 6.51. The fourth-order valence-electron chi connectivity index (χ4n) is 2.24. The molecular weight excluding hydrogens is 264 g/mol. The van der Waals surface area contributed by atoms with Gasteiger partial charge in [-0.3, -0.25) is 15.8 Å². The van der Waals surface area contributed by atoms with Gasteiger partial charge in [0.1, 0.15) is 5.75 Å². The van der Waals surface area contributed by atoms with Crippen molar-refractivity contribution in [3.8, 4) is 5.75 Å². The van der Waals surface area contributed by atoms with E-state index in [4.69, 9.17) is 10.6 Å². The summed E-state index contributed by atoms with van der Waals surface area (Å²) in [5, 5.41) is 0. The highest BCUT2D eigenvalue weighted by Crippen LogP contribution is 2.25. The Bertz CT molecular complexity index is 574. The molecule has 5 heteroatoms. The minimum Gasteiger partial charge on any atom is -0.492 e. The summed E-state index contributed by atoms with van der Waals surface area (Å²) in [6.45, 7) is 4.85. The van der Waals surface area contributed by atoms with Crippen molar-refractivity contribution in [2.24, 2.45) is 5.84 Å². The summed E-state index contributed by atoms with van der Waals surface area (Å²) in [5.41, 5.74) is 5.87. The van der Waals surface area contributed by atoms with Gasteiger partial charge in [-0.25, -0.2) is 5.43 Å². The minimum atomic E-state index is -0.196. The molecule has 0 fully saturated rings. The minimum absolute atomic E-state index is 0.196. The molecule has 2 aromatic rings. The lowest BCUT2D eigenvalue weighted by molar-refractivity contribution is 0.315. The SMILES string of the molecule is CCCOc1cncc(C(NN)c2ncccc2CC)c1. The highest BCUT2D eigenvalue weighted by atomic mass is 16.5. The molecule has 21 heavy (non-hydrogen) atoms. The van der Waals surface area contributed by atoms with Crippen LogP contribution in [-0.2, 0) is 6.42 Å². The molecule has 0 spiro atoms. The normalized spacial score (nSPS) is 12.1. The average molecular weight is 286 g/mol. The van der Waals surface area contributed by atoms with Crippen molar-refractivity contribution in [3.05, 3.63) is 53.6 Å². The van der Waals surface area contributed by atoms with Crippen LogP contribution in [0.1, 0.15) is 43.1 Å². The monoisotopic (exact) mass is 286 g/mol. The highest BCUT2D eigenvalue weighted by molar-refractivity contribution is 5.34. The number of aromatic nitrogens is 2. The number of nitrogens with two attached hydrogens (primary N) is 1. The van der Waals surface area contributed by atoms with Crippen LogP contribution in [0.5, 0.6) is 5.75 Å². The average Bonchev–Trinajstić information content (AvgIpc) is 2.54. The molecule has 0 saturated carbocycles. The van der Waals surface area contributed by atoms with Crippen molar-refractivity contribution in [1.82, 2.24) is 15.4 Å². The van der Waals surface area contributed by atoms with Crippen LogP contribution in [0.15, 0.2) is 36.8 Å². The zero-order valence-corrected chi connectivity index (χ0v) is 12.5. The van der Waals surface area contributed by atoms with Gasteiger partial charge in [0, 0.05) is 12.4 Å². The van der Waals surface area contributed by atoms with Gasteiger partial charge < -0.3 is 4.74 Å². The number of ether oxygens (including phenoxy) is 1. The van der Waals surface area contributed by atoms with Gasteiger partial charge in [-0.15, -0.1) is 0 Å². The first kappa shape index (κ1) is 15.4. The molecule has 0 aromatic carbocycles. The zero-order valence-electron chi connectivity index (χ0n) is 12.5. The Hall–Kier alpha value is -1.98. The van der Waals surface area contributed by atoms with Gasteiger partial charge in [0.25, 0.3) is 0 Å². The Labute approximate surface area is 125 Å². The molecule has 2 aromatic heterocycles. The number of rotatable bonds is 7. The molecule has 0 aliphatic heterocycles. The molecule has 0 saturated heterocycles. The van der Waals surface area contributed by atoms with E-state index in [2.05, 4.69) is 35.3 Å². The molecule has 0 aliphatic carbocycles. The third-order valence-electron chi connectivity index (χ3n) is 3.29. The molecule has 5 nitrogen and oxygen atoms in total. The smallest absolute Gasteiger partial charge is 0.137 e. The van der Waals surface area contributed by atoms with Crippen molar-refractivity contribution < 1.29 is 4.74 Å². The number of hydrazine groups is 1. The van der Waals surface area contributed by atoms with Crippen LogP contribution in [0.3, 0.4) is 0 Å². The van der Waals surface area contributed by atoms with Crippen molar-refractivity contribution >= 4 is 0 Å². The number of nitrogens with zero attached hydrogens (tertiary/aromatic N) is 2. The first-order chi connectivity index (χ1) is 10.3. The van der Waals surface area contributed by atoms with Crippen LogP contribution in [0.4, 0.5) is 0 Å². The summed E-state index contributed by atoms with van der Waals surface area (Å²) < 4.78 is 5.63. The lowest BCUT2D eigenvalue weighted by Gasteiger charge is -2.19. The van der Waals surface area contributed by atoms with Crippen LogP contribution in [0, 0.1) is 0 Å². The molecule has 0 bridgehead atoms. The van der Waals surface area contributed by atoms with E-state index in [9.17, 15) is 0 Å². The lowest BCUT2D eigenvalue weighted by Crippen LogP contribution is -2.30. The molecular formula is C16H22N4O. The van der Waals surface area contributed by atoms with Gasteiger partial charge in [0.2, 0.25) is 0 Å². The van der Waals surface area contributed by atoms with Gasteiger partial charge >= 0.3 is 0 Å². The van der Waals surface area contributed by atoms with E-state index in [1.165, 1.54) is 5.56 Å². The van der Waals surface area contributed by atoms with Crippen LogP contribution < -0.4 is 16.0 Å². The summed E-state index contributed by atoms with van der Waals surface area (Å²) in [6, 6.07) is 5.77. The number of pyridine rings is 2. The van der Waals surface area contributed by atoms with E-state index in [-0.39, 0.29) is 6.04 Å². The zero-order chi connectivity index (χ0) is 15.1. The molecule has 0 amide bonds. The van der Waals surface area contributed by atoms with E-state index < -0.39 is 0 Å². The molecule has 1 atom stereocenters. The molecule has 2 rings (SSSR count). The maximum atomic E-state index is 5.75. The van der Waals surface area contributed by atoms with Crippen molar-refractivity contribution in [1.29, 1.82) is 0 Å². The van der Waals surface area contributed by atoms with Crippen LogP contribution in [0.2, 0.25) is 0 Å². The molecule has 2 heterocycles. The molecule has 112 valence electrons. The molecule has 3 N–H and O–H groups in total. The molecule has 0 radical (unpaired) electrons. The number of hydrogen-bond donors (Lipinski definition) is 2. The summed E-state index contributed by atoms with van der Waals surface area (Å²) in [6.07, 6.45) is 7.15. The second kappa shape index (κ2) is 7.71. The quantitative estimate of drug-likeness (QED) is 0.604. The van der Waals surface area contributed by atoms with E-state index in [0.29, 0.717) is 6.61 Å². The largest absolute Gasteiger partial charge is 0.492 e. The second-order valence-electron chi connectivity index (χ2n) is 4.80. The Morgan fingerprint density at radius 2 is 2.19 bits per heavy atom. The maximum absolute atomic E-state index is 5.75. The van der Waals surface area contributed by atoms with Gasteiger partial charge in [0.05, 0.1) is 24.5 Å². The number of aryl methyl sites for hydroxylation is 1. The van der Waals surface area contributed by atoms with Crippen LogP contribution in [0.25, 0.3) is 0 Å². The van der Waals surface area contributed by atoms with E-state index in [1.54, 1.807) is 18.6 Å². The highest BCUT2D eigenvalue weighted by Gasteiger charge is 2.17. The Balaban J connectivity index is 2.32. The second-order valence-corrected chi connectivity index (χ2v) is 4.80. The predicted molar refractivity (Wildman–Crippen MR) is 82.8 cm³/mol. The Morgan fingerprint density at radius 1 is 1.33 bits per heavy atom. The van der Waals surface area contributed by atoms with Gasteiger partial charge in [0.15, 0.2) is 0 Å². The Morgan fingerprint density at radius 3 is 2.90 bits per heavy atom.